The maximum Gasteiger partial charge on any atom is 0.251 e. The van der Waals surface area contributed by atoms with Gasteiger partial charge in [-0.05, 0) is 62.1 Å². The van der Waals surface area contributed by atoms with Gasteiger partial charge in [-0.15, -0.1) is 0 Å². The first-order valence-corrected chi connectivity index (χ1v) is 12.7. The van der Waals surface area contributed by atoms with Crippen LogP contribution in [0, 0.1) is 0 Å². The minimum Gasteiger partial charge on any atom is -0.360 e. The third-order valence-electron chi connectivity index (χ3n) is 7.06. The lowest BCUT2D eigenvalue weighted by atomic mass is 9.89. The van der Waals surface area contributed by atoms with Crippen molar-refractivity contribution in [2.24, 2.45) is 0 Å². The number of nitrogens with zero attached hydrogens (tertiary/aromatic N) is 1. The van der Waals surface area contributed by atoms with Crippen molar-refractivity contribution in [2.45, 2.75) is 57.0 Å². The molecule has 0 radical (unpaired) electrons. The summed E-state index contributed by atoms with van der Waals surface area (Å²) in [5, 5.41) is 7.75. The van der Waals surface area contributed by atoms with Gasteiger partial charge in [0, 0.05) is 59.0 Å². The minimum atomic E-state index is -0.171. The molecule has 2 unspecified atom stereocenters. The third-order valence-corrected chi connectivity index (χ3v) is 7.37. The molecule has 0 spiro atoms. The maximum atomic E-state index is 13.0. The fraction of sp³-hybridized carbons (Fsp3) is 0.370. The van der Waals surface area contributed by atoms with Crippen LogP contribution in [0.3, 0.4) is 0 Å². The van der Waals surface area contributed by atoms with Crippen LogP contribution in [0.5, 0.6) is 0 Å². The van der Waals surface area contributed by atoms with E-state index in [1.807, 2.05) is 18.2 Å². The van der Waals surface area contributed by atoms with E-state index in [9.17, 15) is 14.4 Å². The average Bonchev–Trinajstić information content (AvgIpc) is 3.25. The van der Waals surface area contributed by atoms with E-state index in [1.165, 1.54) is 0 Å². The molecule has 3 N–H and O–H groups in total. The Bertz CT molecular complexity index is 1250. The van der Waals surface area contributed by atoms with Gasteiger partial charge in [-0.1, -0.05) is 30.5 Å². The zero-order chi connectivity index (χ0) is 24.4. The van der Waals surface area contributed by atoms with Gasteiger partial charge in [0.2, 0.25) is 5.91 Å². The number of hydrogen-bond donors (Lipinski definition) is 3. The van der Waals surface area contributed by atoms with Crippen LogP contribution in [0.1, 0.15) is 65.7 Å². The van der Waals surface area contributed by atoms with Crippen molar-refractivity contribution in [3.8, 4) is 0 Å². The largest absolute Gasteiger partial charge is 0.360 e. The molecule has 1 aliphatic carbocycles. The van der Waals surface area contributed by atoms with Crippen LogP contribution in [0.25, 0.3) is 10.9 Å². The molecule has 1 aliphatic heterocycles. The summed E-state index contributed by atoms with van der Waals surface area (Å²) in [7, 11) is 0. The molecular weight excluding hydrogens is 464 g/mol. The molecule has 3 aromatic rings. The Morgan fingerprint density at radius 1 is 0.886 bits per heavy atom. The molecule has 2 aliphatic rings. The summed E-state index contributed by atoms with van der Waals surface area (Å²) in [5.41, 5.74) is 2.73. The molecule has 1 saturated heterocycles. The first-order valence-electron chi connectivity index (χ1n) is 12.3. The number of halogens is 1. The molecule has 1 saturated carbocycles. The quantitative estimate of drug-likeness (QED) is 0.477. The van der Waals surface area contributed by atoms with E-state index in [0.717, 1.165) is 61.7 Å². The van der Waals surface area contributed by atoms with Crippen LogP contribution < -0.4 is 15.5 Å². The van der Waals surface area contributed by atoms with Crippen molar-refractivity contribution >= 4 is 45.9 Å². The standard InChI is InChI=1S/C27H29ClN4O3/c28-21-16-29-24-15-18(10-13-20(21)24)27(35)31-23-6-2-1-5-22(23)30-26(34)17-8-11-19(12-9-17)32-14-4-3-7-25(32)33/h8-13,15-16,22-23,29H,1-7,14H2,(H,30,34)(H,31,35). The lowest BCUT2D eigenvalue weighted by Gasteiger charge is -2.33. The Morgan fingerprint density at radius 2 is 1.54 bits per heavy atom. The van der Waals surface area contributed by atoms with Crippen molar-refractivity contribution in [3.63, 3.8) is 0 Å². The highest BCUT2D eigenvalue weighted by Crippen LogP contribution is 2.25. The lowest BCUT2D eigenvalue weighted by molar-refractivity contribution is -0.119. The van der Waals surface area contributed by atoms with E-state index in [0.29, 0.717) is 22.6 Å². The van der Waals surface area contributed by atoms with Crippen LogP contribution in [0.4, 0.5) is 5.69 Å². The molecule has 2 atom stereocenters. The van der Waals surface area contributed by atoms with Gasteiger partial charge < -0.3 is 20.5 Å². The number of hydrogen-bond acceptors (Lipinski definition) is 3. The Balaban J connectivity index is 1.24. The number of rotatable bonds is 5. The maximum absolute atomic E-state index is 13.0. The van der Waals surface area contributed by atoms with Gasteiger partial charge in [-0.25, -0.2) is 0 Å². The molecule has 1 aromatic heterocycles. The lowest BCUT2D eigenvalue weighted by Crippen LogP contribution is -2.53. The van der Waals surface area contributed by atoms with Crippen LogP contribution in [-0.4, -0.2) is 41.3 Å². The number of aromatic nitrogens is 1. The van der Waals surface area contributed by atoms with E-state index >= 15 is 0 Å². The summed E-state index contributed by atoms with van der Waals surface area (Å²) in [6.07, 6.45) is 7.83. The van der Waals surface area contributed by atoms with Gasteiger partial charge in [0.1, 0.15) is 0 Å². The second-order valence-electron chi connectivity index (χ2n) is 9.39. The summed E-state index contributed by atoms with van der Waals surface area (Å²) in [6.45, 7) is 0.720. The zero-order valence-electron chi connectivity index (χ0n) is 19.5. The number of fused-ring (bicyclic) bond motifs is 1. The number of H-pyrrole nitrogens is 1. The second-order valence-corrected chi connectivity index (χ2v) is 9.80. The molecule has 182 valence electrons. The van der Waals surface area contributed by atoms with Crippen LogP contribution >= 0.6 is 11.6 Å². The highest BCUT2D eigenvalue weighted by molar-refractivity contribution is 6.35. The number of piperidine rings is 1. The fourth-order valence-corrected chi connectivity index (χ4v) is 5.30. The van der Waals surface area contributed by atoms with Gasteiger partial charge in [0.15, 0.2) is 0 Å². The normalized spacial score (nSPS) is 20.6. The first kappa shape index (κ1) is 23.4. The van der Waals surface area contributed by atoms with Crippen LogP contribution in [0.2, 0.25) is 5.02 Å². The molecule has 7 nitrogen and oxygen atoms in total. The summed E-state index contributed by atoms with van der Waals surface area (Å²) >= 11 is 6.14. The molecular formula is C27H29ClN4O3. The average molecular weight is 493 g/mol. The van der Waals surface area contributed by atoms with Gasteiger partial charge in [0.05, 0.1) is 5.02 Å². The Morgan fingerprint density at radius 3 is 2.23 bits per heavy atom. The van der Waals surface area contributed by atoms with E-state index in [-0.39, 0.29) is 29.8 Å². The molecule has 35 heavy (non-hydrogen) atoms. The van der Waals surface area contributed by atoms with Gasteiger partial charge in [-0.2, -0.15) is 0 Å². The molecule has 5 rings (SSSR count). The fourth-order valence-electron chi connectivity index (χ4n) is 5.08. The number of amides is 3. The van der Waals surface area contributed by atoms with Gasteiger partial charge >= 0.3 is 0 Å². The highest BCUT2D eigenvalue weighted by Gasteiger charge is 2.29. The SMILES string of the molecule is O=C(NC1CCCCC1NC(=O)c1ccc2c(Cl)c[nH]c2c1)c1ccc(N2CCCCC2=O)cc1. The van der Waals surface area contributed by atoms with Crippen LogP contribution in [-0.2, 0) is 4.79 Å². The summed E-state index contributed by atoms with van der Waals surface area (Å²) < 4.78 is 0. The highest BCUT2D eigenvalue weighted by atomic mass is 35.5. The van der Waals surface area contributed by atoms with Crippen molar-refractivity contribution in [3.05, 3.63) is 64.8 Å². The van der Waals surface area contributed by atoms with Gasteiger partial charge in [0.25, 0.3) is 11.8 Å². The molecule has 0 bridgehead atoms. The number of carbonyl (C=O) groups is 3. The van der Waals surface area contributed by atoms with E-state index in [1.54, 1.807) is 35.4 Å². The summed E-state index contributed by atoms with van der Waals surface area (Å²) in [6, 6.07) is 12.3. The Labute approximate surface area is 209 Å². The summed E-state index contributed by atoms with van der Waals surface area (Å²) in [4.78, 5) is 43.0. The monoisotopic (exact) mass is 492 g/mol. The predicted molar refractivity (Wildman–Crippen MR) is 137 cm³/mol. The Hall–Kier alpha value is -3.32. The molecule has 3 amide bonds. The Kier molecular flexibility index (Phi) is 6.77. The number of benzene rings is 2. The number of anilines is 1. The molecule has 2 fully saturated rings. The number of carbonyl (C=O) groups excluding carboxylic acids is 3. The predicted octanol–water partition coefficient (Wildman–Crippen LogP) is 4.81. The number of nitrogens with one attached hydrogen (secondary N) is 3. The third kappa shape index (κ3) is 5.05. The summed E-state index contributed by atoms with van der Waals surface area (Å²) in [5.74, 6) is -0.206. The van der Waals surface area contributed by atoms with Crippen LogP contribution in [0.15, 0.2) is 48.7 Å². The van der Waals surface area contributed by atoms with Crippen molar-refractivity contribution in [2.75, 3.05) is 11.4 Å². The minimum absolute atomic E-state index is 0.132. The van der Waals surface area contributed by atoms with E-state index < -0.39 is 0 Å². The second kappa shape index (κ2) is 10.1. The van der Waals surface area contributed by atoms with E-state index in [4.69, 9.17) is 11.6 Å². The van der Waals surface area contributed by atoms with E-state index in [2.05, 4.69) is 15.6 Å². The first-order chi connectivity index (χ1) is 17.0. The zero-order valence-corrected chi connectivity index (χ0v) is 20.2. The molecule has 2 aromatic carbocycles. The topological polar surface area (TPSA) is 94.3 Å². The van der Waals surface area contributed by atoms with Crippen molar-refractivity contribution < 1.29 is 14.4 Å². The smallest absolute Gasteiger partial charge is 0.251 e. The van der Waals surface area contributed by atoms with Crippen molar-refractivity contribution in [1.82, 2.24) is 15.6 Å². The van der Waals surface area contributed by atoms with Crippen molar-refractivity contribution in [1.29, 1.82) is 0 Å². The number of aromatic amines is 1. The molecule has 8 heteroatoms. The van der Waals surface area contributed by atoms with Gasteiger partial charge in [-0.3, -0.25) is 14.4 Å². The molecule has 2 heterocycles.